The fourth-order valence-corrected chi connectivity index (χ4v) is 3.63. The van der Waals surface area contributed by atoms with Crippen molar-refractivity contribution in [1.29, 1.82) is 0 Å². The number of benzene rings is 1. The van der Waals surface area contributed by atoms with Gasteiger partial charge in [-0.05, 0) is 29.9 Å². The molecule has 0 radical (unpaired) electrons. The predicted octanol–water partition coefficient (Wildman–Crippen LogP) is 4.20. The second-order valence-electron chi connectivity index (χ2n) is 5.40. The Morgan fingerprint density at radius 2 is 2.16 bits per heavy atom. The third-order valence-electron chi connectivity index (χ3n) is 4.42. The molecule has 0 saturated heterocycles. The number of halogens is 2. The molecule has 4 heteroatoms. The first kappa shape index (κ1) is 14.8. The molecule has 106 valence electrons. The van der Waals surface area contributed by atoms with Gasteiger partial charge in [0.15, 0.2) is 0 Å². The van der Waals surface area contributed by atoms with E-state index in [9.17, 15) is 4.39 Å². The lowest BCUT2D eigenvalue weighted by molar-refractivity contribution is 0.176. The Balaban J connectivity index is 2.30. The molecule has 3 unspecified atom stereocenters. The predicted molar refractivity (Wildman–Crippen MR) is 77.2 cm³/mol. The van der Waals surface area contributed by atoms with E-state index in [1.54, 1.807) is 6.07 Å². The zero-order valence-electron chi connectivity index (χ0n) is 11.3. The zero-order valence-corrected chi connectivity index (χ0v) is 12.1. The fourth-order valence-electron chi connectivity index (χ4n) is 3.39. The molecule has 0 aromatic heterocycles. The molecule has 0 heterocycles. The Morgan fingerprint density at radius 1 is 1.42 bits per heavy atom. The second-order valence-corrected chi connectivity index (χ2v) is 5.78. The quantitative estimate of drug-likeness (QED) is 0.642. The third kappa shape index (κ3) is 3.10. The molecule has 3 atom stereocenters. The minimum atomic E-state index is -0.372. The third-order valence-corrected chi connectivity index (χ3v) is 4.82. The molecule has 1 aromatic carbocycles. The monoisotopic (exact) mass is 284 g/mol. The highest BCUT2D eigenvalue weighted by atomic mass is 35.5. The van der Waals surface area contributed by atoms with Gasteiger partial charge in [0.25, 0.3) is 0 Å². The molecule has 1 aliphatic rings. The molecule has 3 N–H and O–H groups in total. The van der Waals surface area contributed by atoms with Crippen molar-refractivity contribution in [1.82, 2.24) is 5.43 Å². The van der Waals surface area contributed by atoms with Gasteiger partial charge in [-0.25, -0.2) is 4.39 Å². The van der Waals surface area contributed by atoms with Crippen LogP contribution in [0, 0.1) is 17.7 Å². The fraction of sp³-hybridized carbons (Fsp3) is 0.600. The van der Waals surface area contributed by atoms with Crippen molar-refractivity contribution >= 4 is 11.6 Å². The summed E-state index contributed by atoms with van der Waals surface area (Å²) in [6, 6.07) is 4.90. The highest BCUT2D eigenvalue weighted by Crippen LogP contribution is 2.41. The van der Waals surface area contributed by atoms with Crippen LogP contribution in [0.15, 0.2) is 18.2 Å². The van der Waals surface area contributed by atoms with Gasteiger partial charge >= 0.3 is 0 Å². The maximum Gasteiger partial charge on any atom is 0.142 e. The van der Waals surface area contributed by atoms with Crippen LogP contribution < -0.4 is 11.3 Å². The zero-order chi connectivity index (χ0) is 13.8. The Morgan fingerprint density at radius 3 is 2.84 bits per heavy atom. The van der Waals surface area contributed by atoms with Crippen LogP contribution in [0.4, 0.5) is 4.39 Å². The molecule has 0 aliphatic heterocycles. The van der Waals surface area contributed by atoms with Crippen molar-refractivity contribution < 1.29 is 4.39 Å². The summed E-state index contributed by atoms with van der Waals surface area (Å²) >= 11 is 6.11. The van der Waals surface area contributed by atoms with E-state index in [0.717, 1.165) is 18.4 Å². The summed E-state index contributed by atoms with van der Waals surface area (Å²) < 4.78 is 13.6. The van der Waals surface area contributed by atoms with Crippen molar-refractivity contribution in [3.63, 3.8) is 0 Å². The summed E-state index contributed by atoms with van der Waals surface area (Å²) in [5.41, 5.74) is 3.66. The molecule has 1 fully saturated rings. The van der Waals surface area contributed by atoms with Gasteiger partial charge in [-0.2, -0.15) is 0 Å². The summed E-state index contributed by atoms with van der Waals surface area (Å²) in [7, 11) is 0. The molecule has 1 saturated carbocycles. The van der Waals surface area contributed by atoms with E-state index in [1.165, 1.54) is 25.3 Å². The standard InChI is InChI=1S/C15H22ClFN2/c1-2-10-6-3-4-7-11(10)15(19-18)12-8-5-9-13(17)14(12)16/h5,8-11,15,19H,2-4,6-7,18H2,1H3. The van der Waals surface area contributed by atoms with Gasteiger partial charge in [0.2, 0.25) is 0 Å². The van der Waals surface area contributed by atoms with Crippen molar-refractivity contribution in [3.05, 3.63) is 34.6 Å². The van der Waals surface area contributed by atoms with Crippen LogP contribution in [0.2, 0.25) is 5.02 Å². The first-order valence-corrected chi connectivity index (χ1v) is 7.46. The summed E-state index contributed by atoms with van der Waals surface area (Å²) in [5, 5.41) is 0.200. The largest absolute Gasteiger partial charge is 0.271 e. The minimum absolute atomic E-state index is 0.0616. The molecular formula is C15H22ClFN2. The number of nitrogens with two attached hydrogens (primary N) is 1. The molecule has 0 spiro atoms. The van der Waals surface area contributed by atoms with E-state index in [2.05, 4.69) is 12.3 Å². The van der Waals surface area contributed by atoms with Gasteiger partial charge in [0, 0.05) is 0 Å². The van der Waals surface area contributed by atoms with Crippen molar-refractivity contribution in [2.45, 2.75) is 45.1 Å². The van der Waals surface area contributed by atoms with Crippen molar-refractivity contribution in [3.8, 4) is 0 Å². The Labute approximate surface area is 119 Å². The maximum absolute atomic E-state index is 13.6. The van der Waals surface area contributed by atoms with E-state index in [-0.39, 0.29) is 16.9 Å². The van der Waals surface area contributed by atoms with E-state index in [0.29, 0.717) is 11.8 Å². The van der Waals surface area contributed by atoms with Crippen LogP contribution in [0.25, 0.3) is 0 Å². The highest BCUT2D eigenvalue weighted by Gasteiger charge is 2.32. The molecule has 19 heavy (non-hydrogen) atoms. The Hall–Kier alpha value is -0.640. The normalized spacial score (nSPS) is 25.3. The van der Waals surface area contributed by atoms with Crippen molar-refractivity contribution in [2.24, 2.45) is 17.7 Å². The van der Waals surface area contributed by atoms with Crippen LogP contribution in [0.5, 0.6) is 0 Å². The van der Waals surface area contributed by atoms with Crippen LogP contribution in [-0.2, 0) is 0 Å². The molecule has 0 amide bonds. The summed E-state index contributed by atoms with van der Waals surface area (Å²) in [5.74, 6) is 6.44. The molecule has 0 bridgehead atoms. The van der Waals surface area contributed by atoms with Crippen LogP contribution >= 0.6 is 11.6 Å². The minimum Gasteiger partial charge on any atom is -0.271 e. The average molecular weight is 285 g/mol. The summed E-state index contributed by atoms with van der Waals surface area (Å²) in [6.45, 7) is 2.21. The van der Waals surface area contributed by atoms with E-state index >= 15 is 0 Å². The first-order chi connectivity index (χ1) is 9.19. The smallest absolute Gasteiger partial charge is 0.142 e. The number of nitrogens with one attached hydrogen (secondary N) is 1. The molecule has 2 nitrogen and oxygen atoms in total. The van der Waals surface area contributed by atoms with Crippen LogP contribution in [0.3, 0.4) is 0 Å². The number of hydrogen-bond acceptors (Lipinski definition) is 2. The van der Waals surface area contributed by atoms with E-state index < -0.39 is 0 Å². The van der Waals surface area contributed by atoms with Gasteiger partial charge in [0.1, 0.15) is 5.82 Å². The van der Waals surface area contributed by atoms with E-state index in [4.69, 9.17) is 17.4 Å². The average Bonchev–Trinajstić information content (AvgIpc) is 2.45. The van der Waals surface area contributed by atoms with Crippen LogP contribution in [0.1, 0.15) is 50.6 Å². The lowest BCUT2D eigenvalue weighted by Gasteiger charge is -2.37. The molecular weight excluding hydrogens is 263 g/mol. The SMILES string of the molecule is CCC1CCCCC1C(NN)c1cccc(F)c1Cl. The second kappa shape index (κ2) is 6.69. The maximum atomic E-state index is 13.6. The molecule has 1 aromatic rings. The first-order valence-electron chi connectivity index (χ1n) is 7.09. The molecule has 1 aliphatic carbocycles. The number of rotatable bonds is 4. The van der Waals surface area contributed by atoms with Gasteiger partial charge in [-0.3, -0.25) is 11.3 Å². The lowest BCUT2D eigenvalue weighted by Crippen LogP contribution is -2.38. The number of hydrazine groups is 1. The van der Waals surface area contributed by atoms with E-state index in [1.807, 2.05) is 6.07 Å². The summed E-state index contributed by atoms with van der Waals surface area (Å²) in [6.07, 6.45) is 5.98. The Kier molecular flexibility index (Phi) is 5.20. The molecule has 2 rings (SSSR count). The summed E-state index contributed by atoms with van der Waals surface area (Å²) in [4.78, 5) is 0. The van der Waals surface area contributed by atoms with Crippen molar-refractivity contribution in [2.75, 3.05) is 0 Å². The van der Waals surface area contributed by atoms with Crippen LogP contribution in [-0.4, -0.2) is 0 Å². The number of hydrogen-bond donors (Lipinski definition) is 2. The van der Waals surface area contributed by atoms with Gasteiger partial charge < -0.3 is 0 Å². The highest BCUT2D eigenvalue weighted by molar-refractivity contribution is 6.31. The lowest BCUT2D eigenvalue weighted by atomic mass is 9.72. The topological polar surface area (TPSA) is 38.0 Å². The van der Waals surface area contributed by atoms with Gasteiger partial charge in [-0.1, -0.05) is 56.3 Å². The van der Waals surface area contributed by atoms with Gasteiger partial charge in [-0.15, -0.1) is 0 Å². The van der Waals surface area contributed by atoms with Gasteiger partial charge in [0.05, 0.1) is 11.1 Å². The Bertz CT molecular complexity index is 425.